The summed E-state index contributed by atoms with van der Waals surface area (Å²) in [6.07, 6.45) is 3.59. The van der Waals surface area contributed by atoms with Gasteiger partial charge in [0.2, 0.25) is 23.6 Å². The Kier molecular flexibility index (Phi) is 17.6. The second-order valence-corrected chi connectivity index (χ2v) is 14.4. The van der Waals surface area contributed by atoms with Gasteiger partial charge in [-0.05, 0) is 56.8 Å². The highest BCUT2D eigenvalue weighted by atomic mass is 16.5. The number of carbonyl (C=O) groups excluding carboxylic acids is 4. The van der Waals surface area contributed by atoms with Gasteiger partial charge in [-0.3, -0.25) is 29.1 Å². The highest BCUT2D eigenvalue weighted by Gasteiger charge is 2.41. The Bertz CT molecular complexity index is 1170. The van der Waals surface area contributed by atoms with Crippen LogP contribution >= 0.6 is 0 Å². The molecule has 0 aliphatic carbocycles. The van der Waals surface area contributed by atoms with E-state index in [-0.39, 0.29) is 59.9 Å². The third kappa shape index (κ3) is 12.0. The first-order valence-electron chi connectivity index (χ1n) is 18.0. The molecule has 3 N–H and O–H groups in total. The van der Waals surface area contributed by atoms with Crippen molar-refractivity contribution in [2.45, 2.75) is 117 Å². The molecule has 12 nitrogen and oxygen atoms in total. The van der Waals surface area contributed by atoms with Crippen LogP contribution in [0.4, 0.5) is 0 Å². The zero-order chi connectivity index (χ0) is 36.8. The molecule has 49 heavy (non-hydrogen) atoms. The lowest BCUT2D eigenvalue weighted by Crippen LogP contribution is -2.59. The van der Waals surface area contributed by atoms with Gasteiger partial charge in [0.05, 0.1) is 42.7 Å². The van der Waals surface area contributed by atoms with Crippen LogP contribution in [0.5, 0.6) is 0 Å². The van der Waals surface area contributed by atoms with E-state index in [1.165, 1.54) is 0 Å². The molecule has 1 unspecified atom stereocenters. The van der Waals surface area contributed by atoms with Crippen molar-refractivity contribution in [3.8, 4) is 0 Å². The summed E-state index contributed by atoms with van der Waals surface area (Å²) >= 11 is 0. The molecule has 1 aliphatic heterocycles. The molecular formula is C37H64N6O6. The van der Waals surface area contributed by atoms with Crippen LogP contribution in [0.15, 0.2) is 24.4 Å². The second kappa shape index (κ2) is 20.6. The van der Waals surface area contributed by atoms with E-state index < -0.39 is 30.2 Å². The number of hydrogen-bond acceptors (Lipinski definition) is 8. The summed E-state index contributed by atoms with van der Waals surface area (Å²) in [4.78, 5) is 62.2. The highest BCUT2D eigenvalue weighted by Crippen LogP contribution is 2.28. The monoisotopic (exact) mass is 688 g/mol. The summed E-state index contributed by atoms with van der Waals surface area (Å²) in [5, 5.41) is 9.16. The number of methoxy groups -OCH3 is 2. The maximum atomic E-state index is 14.0. The fourth-order valence-electron chi connectivity index (χ4n) is 6.97. The fourth-order valence-corrected chi connectivity index (χ4v) is 6.97. The van der Waals surface area contributed by atoms with Gasteiger partial charge in [0.1, 0.15) is 6.04 Å². The minimum absolute atomic E-state index is 0.00805. The number of carbonyl (C=O) groups is 4. The number of ether oxygens (including phenoxy) is 2. The molecule has 0 spiro atoms. The van der Waals surface area contributed by atoms with Crippen LogP contribution in [0.25, 0.3) is 0 Å². The summed E-state index contributed by atoms with van der Waals surface area (Å²) in [5.74, 6) is -1.33. The molecule has 1 aromatic rings. The van der Waals surface area contributed by atoms with Gasteiger partial charge in [-0.2, -0.15) is 0 Å². The Balaban J connectivity index is 2.15. The standard InChI is InChI=1S/C37H64N6O6/c1-12-25(6)32(41-36(46)31(23(2)3)40-37(47)33(24(4)5)42(8)9)29(48-10)22-30(44)43-21-15-17-28(43)34(49-11)26(7)35(45)39-20-18-27-16-13-14-19-38-27/h13-14,16,19,23-26,28-29,31-34H,12,15,17-18,20-22H2,1-11H3,(H,39,45)(H,40,47)(H,41,46)/t25?,26-,28+,29-,31-,32-,33-,34-/m1/s1. The molecule has 2 rings (SSSR count). The van der Waals surface area contributed by atoms with Gasteiger partial charge in [0.25, 0.3) is 0 Å². The van der Waals surface area contributed by atoms with Gasteiger partial charge >= 0.3 is 0 Å². The Labute approximate surface area is 294 Å². The number of aromatic nitrogens is 1. The molecular weight excluding hydrogens is 624 g/mol. The predicted octanol–water partition coefficient (Wildman–Crippen LogP) is 3.05. The van der Waals surface area contributed by atoms with Crippen molar-refractivity contribution < 1.29 is 28.7 Å². The minimum atomic E-state index is -0.754. The molecule has 4 amide bonds. The van der Waals surface area contributed by atoms with Crippen LogP contribution in [-0.2, 0) is 35.1 Å². The first-order valence-corrected chi connectivity index (χ1v) is 18.0. The van der Waals surface area contributed by atoms with Crippen molar-refractivity contribution in [2.75, 3.05) is 41.4 Å². The van der Waals surface area contributed by atoms with E-state index >= 15 is 0 Å². The van der Waals surface area contributed by atoms with E-state index in [1.807, 2.05) is 90.6 Å². The normalized spacial score (nSPS) is 19.2. The SMILES string of the molecule is CCC(C)[C@@H](NC(=O)[C@H](NC(=O)[C@@H](C(C)C)N(C)C)C(C)C)[C@@H](CC(=O)N1CCC[C@H]1[C@H](OC)[C@@H](C)C(=O)NCCc1ccccn1)OC. The number of likely N-dealkylation sites (tertiary alicyclic amines) is 1. The van der Waals surface area contributed by atoms with Gasteiger partial charge in [-0.15, -0.1) is 0 Å². The van der Waals surface area contributed by atoms with Crippen LogP contribution in [0, 0.1) is 23.7 Å². The van der Waals surface area contributed by atoms with Crippen molar-refractivity contribution in [2.24, 2.45) is 23.7 Å². The first kappa shape index (κ1) is 42.1. The number of amides is 4. The Morgan fingerprint density at radius 1 is 0.959 bits per heavy atom. The van der Waals surface area contributed by atoms with Crippen molar-refractivity contribution >= 4 is 23.6 Å². The number of nitrogens with zero attached hydrogens (tertiary/aromatic N) is 3. The van der Waals surface area contributed by atoms with Gasteiger partial charge in [-0.25, -0.2) is 0 Å². The summed E-state index contributed by atoms with van der Waals surface area (Å²) in [6, 6.07) is 3.83. The zero-order valence-corrected chi connectivity index (χ0v) is 31.8. The fraction of sp³-hybridized carbons (Fsp3) is 0.757. The predicted molar refractivity (Wildman–Crippen MR) is 192 cm³/mol. The van der Waals surface area contributed by atoms with Gasteiger partial charge < -0.3 is 30.3 Å². The van der Waals surface area contributed by atoms with Crippen molar-refractivity contribution in [3.63, 3.8) is 0 Å². The van der Waals surface area contributed by atoms with E-state index in [0.29, 0.717) is 19.5 Å². The molecule has 8 atom stereocenters. The van der Waals surface area contributed by atoms with Crippen molar-refractivity contribution in [1.29, 1.82) is 0 Å². The molecule has 1 fully saturated rings. The van der Waals surface area contributed by atoms with Crippen LogP contribution < -0.4 is 16.0 Å². The maximum Gasteiger partial charge on any atom is 0.243 e. The Hall–Kier alpha value is -3.09. The van der Waals surface area contributed by atoms with Gasteiger partial charge in [0, 0.05) is 45.6 Å². The van der Waals surface area contributed by atoms with Gasteiger partial charge in [-0.1, -0.05) is 61.0 Å². The Morgan fingerprint density at radius 2 is 1.65 bits per heavy atom. The third-order valence-electron chi connectivity index (χ3n) is 9.93. The molecule has 2 heterocycles. The largest absolute Gasteiger partial charge is 0.379 e. The lowest BCUT2D eigenvalue weighted by Gasteiger charge is -2.37. The molecule has 278 valence electrons. The molecule has 1 aliphatic rings. The van der Waals surface area contributed by atoms with E-state index in [9.17, 15) is 19.2 Å². The third-order valence-corrected chi connectivity index (χ3v) is 9.93. The van der Waals surface area contributed by atoms with E-state index in [0.717, 1.165) is 25.0 Å². The first-order chi connectivity index (χ1) is 23.2. The van der Waals surface area contributed by atoms with E-state index in [1.54, 1.807) is 20.4 Å². The number of likely N-dealkylation sites (N-methyl/N-ethyl adjacent to an activating group) is 1. The average Bonchev–Trinajstić information content (AvgIpc) is 3.54. The summed E-state index contributed by atoms with van der Waals surface area (Å²) in [6.45, 7) is 14.7. The second-order valence-electron chi connectivity index (χ2n) is 14.4. The van der Waals surface area contributed by atoms with Gasteiger partial charge in [0.15, 0.2) is 0 Å². The highest BCUT2D eigenvalue weighted by molar-refractivity contribution is 5.90. The summed E-state index contributed by atoms with van der Waals surface area (Å²) < 4.78 is 11.8. The average molecular weight is 689 g/mol. The molecule has 0 saturated carbocycles. The van der Waals surface area contributed by atoms with E-state index in [4.69, 9.17) is 9.47 Å². The summed E-state index contributed by atoms with van der Waals surface area (Å²) in [7, 11) is 6.85. The maximum absolute atomic E-state index is 14.0. The minimum Gasteiger partial charge on any atom is -0.379 e. The van der Waals surface area contributed by atoms with Crippen LogP contribution in [0.1, 0.15) is 79.8 Å². The summed E-state index contributed by atoms with van der Waals surface area (Å²) in [5.41, 5.74) is 0.902. The lowest BCUT2D eigenvalue weighted by molar-refractivity contribution is -0.142. The molecule has 1 aromatic heterocycles. The Morgan fingerprint density at radius 3 is 2.18 bits per heavy atom. The zero-order valence-electron chi connectivity index (χ0n) is 31.8. The molecule has 0 aromatic carbocycles. The van der Waals surface area contributed by atoms with Crippen LogP contribution in [-0.4, -0.2) is 116 Å². The number of pyridine rings is 1. The van der Waals surface area contributed by atoms with Crippen molar-refractivity contribution in [1.82, 2.24) is 30.7 Å². The topological polar surface area (TPSA) is 142 Å². The molecule has 0 bridgehead atoms. The van der Waals surface area contributed by atoms with Crippen molar-refractivity contribution in [3.05, 3.63) is 30.1 Å². The molecule has 1 saturated heterocycles. The smallest absolute Gasteiger partial charge is 0.243 e. The van der Waals surface area contributed by atoms with E-state index in [2.05, 4.69) is 20.9 Å². The quantitative estimate of drug-likeness (QED) is 0.190. The van der Waals surface area contributed by atoms with Crippen LogP contribution in [0.3, 0.4) is 0 Å². The molecule has 12 heteroatoms. The lowest BCUT2D eigenvalue weighted by atomic mass is 9.90. The number of rotatable bonds is 20. The molecule has 0 radical (unpaired) electrons. The number of hydrogen-bond donors (Lipinski definition) is 3. The number of nitrogens with one attached hydrogen (secondary N) is 3. The van der Waals surface area contributed by atoms with Crippen LogP contribution in [0.2, 0.25) is 0 Å².